The average molecular weight is 228 g/mol. The van der Waals surface area contributed by atoms with Gasteiger partial charge in [0.15, 0.2) is 0 Å². The van der Waals surface area contributed by atoms with Gasteiger partial charge in [0.1, 0.15) is 5.54 Å². The van der Waals surface area contributed by atoms with Crippen molar-refractivity contribution in [1.82, 2.24) is 10.2 Å². The number of nitrogens with one attached hydrogen (secondary N) is 1. The Morgan fingerprint density at radius 1 is 1.12 bits per heavy atom. The lowest BCUT2D eigenvalue weighted by Crippen LogP contribution is -2.55. The van der Waals surface area contributed by atoms with Gasteiger partial charge in [-0.05, 0) is 19.3 Å². The molecule has 0 saturated carbocycles. The highest BCUT2D eigenvalue weighted by atomic mass is 16.2. The lowest BCUT2D eigenvalue weighted by Gasteiger charge is -2.35. The second-order valence-corrected chi connectivity index (χ2v) is 5.83. The Bertz CT molecular complexity index is 277. The van der Waals surface area contributed by atoms with Crippen LogP contribution in [-0.2, 0) is 9.59 Å². The molecule has 0 saturated heterocycles. The van der Waals surface area contributed by atoms with Crippen molar-refractivity contribution in [3.05, 3.63) is 0 Å². The molecular weight excluding hydrogens is 204 g/mol. The summed E-state index contributed by atoms with van der Waals surface area (Å²) in [4.78, 5) is 25.1. The molecule has 1 N–H and O–H groups in total. The van der Waals surface area contributed by atoms with Crippen molar-refractivity contribution in [2.75, 3.05) is 14.1 Å². The molecule has 0 rings (SSSR count). The van der Waals surface area contributed by atoms with Crippen LogP contribution in [0.5, 0.6) is 0 Å². The van der Waals surface area contributed by atoms with Crippen LogP contribution in [0.2, 0.25) is 0 Å². The van der Waals surface area contributed by atoms with E-state index in [-0.39, 0.29) is 17.2 Å². The van der Waals surface area contributed by atoms with Gasteiger partial charge in [0.25, 0.3) is 0 Å². The normalized spacial score (nSPS) is 12.2. The number of carbonyl (C=O) groups excluding carboxylic acids is 2. The number of nitrogens with zero attached hydrogens (tertiary/aromatic N) is 1. The summed E-state index contributed by atoms with van der Waals surface area (Å²) in [6.45, 7) is 9.50. The third kappa shape index (κ3) is 3.83. The van der Waals surface area contributed by atoms with E-state index in [2.05, 4.69) is 5.32 Å². The van der Waals surface area contributed by atoms with Crippen LogP contribution in [0.4, 0.5) is 0 Å². The smallest absolute Gasteiger partial charge is 0.245 e. The van der Waals surface area contributed by atoms with Gasteiger partial charge in [0.05, 0.1) is 0 Å². The zero-order valence-corrected chi connectivity index (χ0v) is 11.5. The molecule has 0 aromatic heterocycles. The van der Waals surface area contributed by atoms with E-state index >= 15 is 0 Å². The maximum atomic E-state index is 12.0. The monoisotopic (exact) mass is 228 g/mol. The third-order valence-electron chi connectivity index (χ3n) is 2.68. The fourth-order valence-corrected chi connectivity index (χ4v) is 1.34. The minimum absolute atomic E-state index is 0.0129. The second-order valence-electron chi connectivity index (χ2n) is 5.83. The largest absolute Gasteiger partial charge is 0.357 e. The highest BCUT2D eigenvalue weighted by molar-refractivity contribution is 5.90. The summed E-state index contributed by atoms with van der Waals surface area (Å²) < 4.78 is 0. The van der Waals surface area contributed by atoms with E-state index in [1.165, 1.54) is 4.90 Å². The van der Waals surface area contributed by atoms with Crippen molar-refractivity contribution in [1.29, 1.82) is 0 Å². The van der Waals surface area contributed by atoms with Crippen LogP contribution in [-0.4, -0.2) is 36.3 Å². The summed E-state index contributed by atoms with van der Waals surface area (Å²) in [6, 6.07) is 0. The highest BCUT2D eigenvalue weighted by Crippen LogP contribution is 2.22. The van der Waals surface area contributed by atoms with Crippen molar-refractivity contribution >= 4 is 11.8 Å². The van der Waals surface area contributed by atoms with E-state index in [0.717, 1.165) is 0 Å². The predicted octanol–water partition coefficient (Wildman–Crippen LogP) is 1.41. The first kappa shape index (κ1) is 14.9. The van der Waals surface area contributed by atoms with Crippen molar-refractivity contribution < 1.29 is 9.59 Å². The highest BCUT2D eigenvalue weighted by Gasteiger charge is 2.35. The average Bonchev–Trinajstić information content (AvgIpc) is 2.12. The molecule has 0 heterocycles. The number of amides is 2. The van der Waals surface area contributed by atoms with Gasteiger partial charge >= 0.3 is 0 Å². The van der Waals surface area contributed by atoms with Gasteiger partial charge in [0, 0.05) is 20.5 Å². The van der Waals surface area contributed by atoms with E-state index < -0.39 is 5.54 Å². The van der Waals surface area contributed by atoms with Crippen LogP contribution >= 0.6 is 0 Å². The van der Waals surface area contributed by atoms with Gasteiger partial charge in [-0.1, -0.05) is 20.8 Å². The quantitative estimate of drug-likeness (QED) is 0.794. The topological polar surface area (TPSA) is 49.4 Å². The molecular formula is C12H24N2O2. The van der Waals surface area contributed by atoms with E-state index in [9.17, 15) is 9.59 Å². The molecule has 0 aliphatic heterocycles. The molecule has 94 valence electrons. The van der Waals surface area contributed by atoms with Crippen molar-refractivity contribution in [2.24, 2.45) is 5.41 Å². The SMILES string of the molecule is CNC(=O)C(C)(C)N(C)C(=O)CC(C)(C)C. The number of likely N-dealkylation sites (N-methyl/N-ethyl adjacent to an activating group) is 2. The van der Waals surface area contributed by atoms with Crippen molar-refractivity contribution in [3.63, 3.8) is 0 Å². The Kier molecular flexibility index (Phi) is 4.53. The molecule has 4 nitrogen and oxygen atoms in total. The first-order chi connectivity index (χ1) is 7.02. The summed E-state index contributed by atoms with van der Waals surface area (Å²) in [5, 5.41) is 2.57. The van der Waals surface area contributed by atoms with Crippen molar-refractivity contribution in [3.8, 4) is 0 Å². The minimum Gasteiger partial charge on any atom is -0.357 e. The maximum Gasteiger partial charge on any atom is 0.245 e. The fraction of sp³-hybridized carbons (Fsp3) is 0.833. The summed E-state index contributed by atoms with van der Waals surface area (Å²) >= 11 is 0. The molecule has 0 fully saturated rings. The van der Waals surface area contributed by atoms with Crippen LogP contribution in [0.3, 0.4) is 0 Å². The first-order valence-electron chi connectivity index (χ1n) is 5.51. The molecule has 16 heavy (non-hydrogen) atoms. The van der Waals surface area contributed by atoms with Gasteiger partial charge < -0.3 is 10.2 Å². The minimum atomic E-state index is -0.808. The summed E-state index contributed by atoms with van der Waals surface area (Å²) in [5.74, 6) is -0.168. The van der Waals surface area contributed by atoms with Gasteiger partial charge in [-0.3, -0.25) is 9.59 Å². The van der Waals surface area contributed by atoms with E-state index in [4.69, 9.17) is 0 Å². The van der Waals surface area contributed by atoms with Crippen molar-refractivity contribution in [2.45, 2.75) is 46.6 Å². The lowest BCUT2D eigenvalue weighted by atomic mass is 9.90. The Morgan fingerprint density at radius 3 is 1.88 bits per heavy atom. The molecule has 0 aliphatic rings. The molecule has 0 spiro atoms. The standard InChI is InChI=1S/C12H24N2O2/c1-11(2,3)8-9(15)14(7)12(4,5)10(16)13-6/h8H2,1-7H3,(H,13,16). The van der Waals surface area contributed by atoms with E-state index in [0.29, 0.717) is 6.42 Å². The first-order valence-corrected chi connectivity index (χ1v) is 5.51. The van der Waals surface area contributed by atoms with Gasteiger partial charge in [-0.2, -0.15) is 0 Å². The van der Waals surface area contributed by atoms with Gasteiger partial charge in [0.2, 0.25) is 11.8 Å². The second kappa shape index (κ2) is 4.85. The summed E-state index contributed by atoms with van der Waals surface area (Å²) in [7, 11) is 3.25. The Hall–Kier alpha value is -1.06. The van der Waals surface area contributed by atoms with Crippen LogP contribution < -0.4 is 5.32 Å². The summed E-state index contributed by atoms with van der Waals surface area (Å²) in [5.41, 5.74) is -0.874. The zero-order valence-electron chi connectivity index (χ0n) is 11.5. The molecule has 0 atom stereocenters. The number of rotatable bonds is 3. The van der Waals surface area contributed by atoms with Gasteiger partial charge in [-0.25, -0.2) is 0 Å². The maximum absolute atomic E-state index is 12.0. The van der Waals surface area contributed by atoms with E-state index in [1.807, 2.05) is 20.8 Å². The molecule has 0 radical (unpaired) electrons. The van der Waals surface area contributed by atoms with E-state index in [1.54, 1.807) is 27.9 Å². The lowest BCUT2D eigenvalue weighted by molar-refractivity contribution is -0.145. The Balaban J connectivity index is 4.73. The fourth-order valence-electron chi connectivity index (χ4n) is 1.34. The molecule has 2 amide bonds. The third-order valence-corrected chi connectivity index (χ3v) is 2.68. The molecule has 4 heteroatoms. The molecule has 0 unspecified atom stereocenters. The Labute approximate surface area is 98.4 Å². The molecule has 0 aliphatic carbocycles. The summed E-state index contributed by atoms with van der Waals surface area (Å²) in [6.07, 6.45) is 0.434. The Morgan fingerprint density at radius 2 is 1.56 bits per heavy atom. The van der Waals surface area contributed by atoms with Crippen LogP contribution in [0, 0.1) is 5.41 Å². The van der Waals surface area contributed by atoms with Gasteiger partial charge in [-0.15, -0.1) is 0 Å². The van der Waals surface area contributed by atoms with Crippen LogP contribution in [0.25, 0.3) is 0 Å². The number of hydrogen-bond donors (Lipinski definition) is 1. The molecule has 0 bridgehead atoms. The predicted molar refractivity (Wildman–Crippen MR) is 65.0 cm³/mol. The number of carbonyl (C=O) groups is 2. The van der Waals surface area contributed by atoms with Crippen LogP contribution in [0.15, 0.2) is 0 Å². The zero-order chi connectivity index (χ0) is 13.1. The number of hydrogen-bond acceptors (Lipinski definition) is 2. The van der Waals surface area contributed by atoms with Crippen LogP contribution in [0.1, 0.15) is 41.0 Å². The molecule has 0 aromatic carbocycles. The molecule has 0 aromatic rings.